The number of esters is 1. The number of cyclic esters (lactones) is 1. The molecule has 0 radical (unpaired) electrons. The minimum Gasteiger partial charge on any atom is -0.448 e. The molecule has 3 aromatic rings. The second-order valence-electron chi connectivity index (χ2n) is 6.47. The van der Waals surface area contributed by atoms with Gasteiger partial charge in [-0.3, -0.25) is 4.79 Å². The largest absolute Gasteiger partial charge is 0.448 e. The van der Waals surface area contributed by atoms with Crippen LogP contribution in [0.4, 0.5) is 0 Å². The summed E-state index contributed by atoms with van der Waals surface area (Å²) >= 11 is 0. The summed E-state index contributed by atoms with van der Waals surface area (Å²) in [7, 11) is 0. The van der Waals surface area contributed by atoms with Crippen LogP contribution in [-0.4, -0.2) is 29.1 Å². The van der Waals surface area contributed by atoms with Gasteiger partial charge >= 0.3 is 5.97 Å². The van der Waals surface area contributed by atoms with Crippen LogP contribution in [0.5, 0.6) is 0 Å². The summed E-state index contributed by atoms with van der Waals surface area (Å²) in [6.45, 7) is 1.36. The third kappa shape index (κ3) is 3.20. The highest BCUT2D eigenvalue weighted by atomic mass is 16.5. The fourth-order valence-corrected chi connectivity index (χ4v) is 3.39. The molecule has 0 spiro atoms. The lowest BCUT2D eigenvalue weighted by atomic mass is 9.98. The van der Waals surface area contributed by atoms with E-state index in [0.29, 0.717) is 18.5 Å². The van der Waals surface area contributed by atoms with Crippen LogP contribution in [-0.2, 0) is 22.5 Å². The molecule has 5 heteroatoms. The van der Waals surface area contributed by atoms with Gasteiger partial charge in [0.05, 0.1) is 5.56 Å². The predicted molar refractivity (Wildman–Crippen MR) is 98.9 cm³/mol. The molecular weight excluding hydrogens is 328 g/mol. The molecule has 0 bridgehead atoms. The first kappa shape index (κ1) is 16.4. The molecule has 0 aliphatic carbocycles. The molecule has 1 N–H and O–H groups in total. The molecular formula is C21H20N2O3. The van der Waals surface area contributed by atoms with Crippen LogP contribution < -0.4 is 5.32 Å². The number of rotatable bonds is 5. The van der Waals surface area contributed by atoms with Crippen LogP contribution in [0.3, 0.4) is 0 Å². The maximum Gasteiger partial charge on any atom is 0.339 e. The Morgan fingerprint density at radius 1 is 1.12 bits per heavy atom. The highest BCUT2D eigenvalue weighted by molar-refractivity contribution is 5.95. The summed E-state index contributed by atoms with van der Waals surface area (Å²) < 4.78 is 7.46. The number of carbonyl (C=O) groups excluding carboxylic acids is 2. The fourth-order valence-electron chi connectivity index (χ4n) is 3.39. The number of fused-ring (bicyclic) bond motifs is 2. The average molecular weight is 348 g/mol. The van der Waals surface area contributed by atoms with E-state index in [9.17, 15) is 9.59 Å². The summed E-state index contributed by atoms with van der Waals surface area (Å²) in [4.78, 5) is 24.3. The molecule has 4 rings (SSSR count). The normalized spacial score (nSPS) is 16.2. The highest BCUT2D eigenvalue weighted by Crippen LogP contribution is 2.20. The highest BCUT2D eigenvalue weighted by Gasteiger charge is 2.30. The van der Waals surface area contributed by atoms with Crippen molar-refractivity contribution in [1.82, 2.24) is 9.88 Å². The lowest BCUT2D eigenvalue weighted by molar-refractivity contribution is -0.130. The Bertz CT molecular complexity index is 961. The number of aromatic nitrogens is 1. The van der Waals surface area contributed by atoms with E-state index in [2.05, 4.69) is 34.3 Å². The Hall–Kier alpha value is -3.08. The summed E-state index contributed by atoms with van der Waals surface area (Å²) in [5.41, 5.74) is 2.61. The van der Waals surface area contributed by atoms with Gasteiger partial charge < -0.3 is 14.6 Å². The fraction of sp³-hybridized carbons (Fsp3) is 0.238. The van der Waals surface area contributed by atoms with E-state index in [4.69, 9.17) is 4.74 Å². The first-order valence-electron chi connectivity index (χ1n) is 8.83. The van der Waals surface area contributed by atoms with Gasteiger partial charge in [-0.1, -0.05) is 36.4 Å². The van der Waals surface area contributed by atoms with Gasteiger partial charge in [0.25, 0.3) is 5.91 Å². The third-order valence-corrected chi connectivity index (χ3v) is 4.74. The van der Waals surface area contributed by atoms with Gasteiger partial charge in [0.15, 0.2) is 6.10 Å². The molecule has 1 aromatic heterocycles. The van der Waals surface area contributed by atoms with Crippen molar-refractivity contribution in [2.24, 2.45) is 0 Å². The van der Waals surface area contributed by atoms with Crippen LogP contribution in [0.2, 0.25) is 0 Å². The van der Waals surface area contributed by atoms with Gasteiger partial charge in [-0.2, -0.15) is 0 Å². The summed E-state index contributed by atoms with van der Waals surface area (Å²) in [6.07, 6.45) is 2.55. The molecule has 0 saturated heterocycles. The number of nitrogens with zero attached hydrogens (tertiary/aromatic N) is 1. The lowest BCUT2D eigenvalue weighted by Crippen LogP contribution is -2.42. The summed E-state index contributed by atoms with van der Waals surface area (Å²) in [6, 6.07) is 17.6. The van der Waals surface area contributed by atoms with E-state index in [1.165, 1.54) is 10.9 Å². The summed E-state index contributed by atoms with van der Waals surface area (Å²) in [5, 5.41) is 4.10. The number of aryl methyl sites for hydroxylation is 1. The van der Waals surface area contributed by atoms with Crippen molar-refractivity contribution in [1.29, 1.82) is 0 Å². The van der Waals surface area contributed by atoms with Crippen LogP contribution in [0.1, 0.15) is 22.3 Å². The first-order chi connectivity index (χ1) is 12.7. The zero-order valence-corrected chi connectivity index (χ0v) is 14.4. The molecule has 0 unspecified atom stereocenters. The molecule has 1 amide bonds. The zero-order valence-electron chi connectivity index (χ0n) is 14.4. The van der Waals surface area contributed by atoms with Gasteiger partial charge in [-0.05, 0) is 35.6 Å². The predicted octanol–water partition coefficient (Wildman–Crippen LogP) is 2.93. The molecule has 5 nitrogen and oxygen atoms in total. The Labute approximate surface area is 151 Å². The van der Waals surface area contributed by atoms with Gasteiger partial charge in [-0.25, -0.2) is 4.79 Å². The van der Waals surface area contributed by atoms with Crippen molar-refractivity contribution in [2.75, 3.05) is 6.54 Å². The van der Waals surface area contributed by atoms with Crippen molar-refractivity contribution >= 4 is 22.8 Å². The maximum atomic E-state index is 12.3. The summed E-state index contributed by atoms with van der Waals surface area (Å²) in [5.74, 6) is -0.656. The minimum absolute atomic E-state index is 0.231. The minimum atomic E-state index is -0.746. The Balaban J connectivity index is 1.30. The van der Waals surface area contributed by atoms with Crippen LogP contribution in [0.15, 0.2) is 60.8 Å². The van der Waals surface area contributed by atoms with Crippen LogP contribution in [0, 0.1) is 0 Å². The third-order valence-electron chi connectivity index (χ3n) is 4.74. The van der Waals surface area contributed by atoms with Crippen molar-refractivity contribution in [3.63, 3.8) is 0 Å². The van der Waals surface area contributed by atoms with Gasteiger partial charge in [0, 0.05) is 31.2 Å². The topological polar surface area (TPSA) is 60.3 Å². The van der Waals surface area contributed by atoms with Gasteiger partial charge in [0.1, 0.15) is 0 Å². The quantitative estimate of drug-likeness (QED) is 0.570. The Kier molecular flexibility index (Phi) is 4.44. The molecule has 1 aliphatic rings. The van der Waals surface area contributed by atoms with E-state index in [-0.39, 0.29) is 5.91 Å². The standard InChI is InChI=1S/C21H20N2O3/c24-20(19-14-16-7-1-3-8-17(16)21(25)26-19)22-11-5-12-23-13-10-15-6-2-4-9-18(15)23/h1-4,6-10,13,19H,5,11-12,14H2,(H,22,24)/t19-/m1/s1. The second kappa shape index (κ2) is 7.04. The monoisotopic (exact) mass is 348 g/mol. The van der Waals surface area contributed by atoms with E-state index in [1.54, 1.807) is 12.1 Å². The second-order valence-corrected chi connectivity index (χ2v) is 6.47. The van der Waals surface area contributed by atoms with E-state index >= 15 is 0 Å². The number of para-hydroxylation sites is 1. The number of benzene rings is 2. The molecule has 1 aliphatic heterocycles. The number of amides is 1. The maximum absolute atomic E-state index is 12.3. The van der Waals surface area contributed by atoms with E-state index in [0.717, 1.165) is 18.5 Å². The molecule has 26 heavy (non-hydrogen) atoms. The van der Waals surface area contributed by atoms with Gasteiger partial charge in [-0.15, -0.1) is 0 Å². The molecule has 2 aromatic carbocycles. The average Bonchev–Trinajstić information content (AvgIpc) is 3.08. The Morgan fingerprint density at radius 2 is 1.92 bits per heavy atom. The molecule has 132 valence electrons. The number of hydrogen-bond donors (Lipinski definition) is 1. The number of hydrogen-bond acceptors (Lipinski definition) is 3. The van der Waals surface area contributed by atoms with Crippen molar-refractivity contribution < 1.29 is 14.3 Å². The van der Waals surface area contributed by atoms with E-state index in [1.807, 2.05) is 24.3 Å². The number of carbonyl (C=O) groups is 2. The number of nitrogens with one attached hydrogen (secondary N) is 1. The molecule has 0 saturated carbocycles. The molecule has 0 fully saturated rings. The molecule has 2 heterocycles. The van der Waals surface area contributed by atoms with Crippen LogP contribution in [0.25, 0.3) is 10.9 Å². The zero-order chi connectivity index (χ0) is 17.9. The Morgan fingerprint density at radius 3 is 2.85 bits per heavy atom. The smallest absolute Gasteiger partial charge is 0.339 e. The number of ether oxygens (including phenoxy) is 1. The SMILES string of the molecule is O=C1O[C@@H](C(=O)NCCCn2ccc3ccccc32)Cc2ccccc21. The van der Waals surface area contributed by atoms with Crippen molar-refractivity contribution in [2.45, 2.75) is 25.5 Å². The van der Waals surface area contributed by atoms with Crippen molar-refractivity contribution in [3.05, 3.63) is 71.9 Å². The first-order valence-corrected chi connectivity index (χ1v) is 8.83. The van der Waals surface area contributed by atoms with Crippen molar-refractivity contribution in [3.8, 4) is 0 Å². The molecule has 1 atom stereocenters. The van der Waals surface area contributed by atoms with E-state index < -0.39 is 12.1 Å². The van der Waals surface area contributed by atoms with Gasteiger partial charge in [0.2, 0.25) is 0 Å². The van der Waals surface area contributed by atoms with Crippen LogP contribution >= 0.6 is 0 Å². The lowest BCUT2D eigenvalue weighted by Gasteiger charge is -2.23.